The molecule has 3 rings (SSSR count). The van der Waals surface area contributed by atoms with E-state index >= 15 is 0 Å². The van der Waals surface area contributed by atoms with Gasteiger partial charge < -0.3 is 19.0 Å². The molecular weight excluding hydrogens is 428 g/mol. The molecule has 3 aromatic rings. The van der Waals surface area contributed by atoms with Crippen molar-refractivity contribution in [1.29, 1.82) is 5.26 Å². The van der Waals surface area contributed by atoms with Crippen molar-refractivity contribution in [2.45, 2.75) is 13.5 Å². The quantitative estimate of drug-likeness (QED) is 0.375. The third-order valence-electron chi connectivity index (χ3n) is 4.37. The van der Waals surface area contributed by atoms with Crippen LogP contribution in [0.4, 0.5) is 0 Å². The molecular formula is C23H20N4O6. The lowest BCUT2D eigenvalue weighted by Gasteiger charge is -2.10. The number of carbonyl (C=O) groups is 2. The van der Waals surface area contributed by atoms with Crippen LogP contribution < -0.4 is 10.2 Å². The van der Waals surface area contributed by atoms with Gasteiger partial charge in [0.25, 0.3) is 5.91 Å². The standard InChI is InChI=1S/C23H20N4O6/c1-14-9-17(12-31-2)19(10-24)22(26-14)32-13-21(28)27-25-11-18-7-8-20(33-18)15-3-5-16(6-4-15)23(29)30/h3-9,11H,12-13H2,1-2H3,(H,27,28)(H,29,30). The summed E-state index contributed by atoms with van der Waals surface area (Å²) in [5, 5.41) is 22.2. The molecule has 0 bridgehead atoms. The fraction of sp³-hybridized carbons (Fsp3) is 0.174. The van der Waals surface area contributed by atoms with Gasteiger partial charge in [-0.3, -0.25) is 4.79 Å². The Kier molecular flexibility index (Phi) is 7.51. The largest absolute Gasteiger partial charge is 0.478 e. The highest BCUT2D eigenvalue weighted by atomic mass is 16.5. The van der Waals surface area contributed by atoms with E-state index in [1.807, 2.05) is 6.07 Å². The van der Waals surface area contributed by atoms with Crippen LogP contribution in [0.25, 0.3) is 11.3 Å². The molecule has 0 radical (unpaired) electrons. The Morgan fingerprint density at radius 1 is 1.27 bits per heavy atom. The number of rotatable bonds is 9. The van der Waals surface area contributed by atoms with E-state index in [0.29, 0.717) is 28.3 Å². The van der Waals surface area contributed by atoms with E-state index in [2.05, 4.69) is 15.5 Å². The minimum Gasteiger partial charge on any atom is -0.478 e. The summed E-state index contributed by atoms with van der Waals surface area (Å²) in [6.45, 7) is 1.57. The van der Waals surface area contributed by atoms with Gasteiger partial charge in [0, 0.05) is 23.9 Å². The maximum atomic E-state index is 12.1. The van der Waals surface area contributed by atoms with Crippen molar-refractivity contribution in [2.75, 3.05) is 13.7 Å². The Hall–Kier alpha value is -4.49. The topological polar surface area (TPSA) is 147 Å². The van der Waals surface area contributed by atoms with E-state index in [1.165, 1.54) is 25.5 Å². The van der Waals surface area contributed by atoms with E-state index in [0.717, 1.165) is 0 Å². The molecule has 10 heteroatoms. The molecule has 2 heterocycles. The maximum absolute atomic E-state index is 12.1. The number of carbonyl (C=O) groups excluding carboxylic acids is 1. The molecule has 10 nitrogen and oxygen atoms in total. The van der Waals surface area contributed by atoms with Crippen LogP contribution in [0.15, 0.2) is 52.0 Å². The molecule has 0 aliphatic rings. The zero-order valence-electron chi connectivity index (χ0n) is 17.9. The molecule has 0 spiro atoms. The average molecular weight is 448 g/mol. The zero-order valence-corrected chi connectivity index (χ0v) is 17.9. The van der Waals surface area contributed by atoms with Crippen molar-refractivity contribution in [1.82, 2.24) is 10.4 Å². The normalized spacial score (nSPS) is 10.7. The number of nitriles is 1. The number of aromatic carboxylic acids is 1. The van der Waals surface area contributed by atoms with Gasteiger partial charge >= 0.3 is 5.97 Å². The Morgan fingerprint density at radius 2 is 2.03 bits per heavy atom. The second-order valence-electron chi connectivity index (χ2n) is 6.81. The lowest BCUT2D eigenvalue weighted by molar-refractivity contribution is -0.123. The van der Waals surface area contributed by atoms with Crippen molar-refractivity contribution < 1.29 is 28.6 Å². The fourth-order valence-corrected chi connectivity index (χ4v) is 2.89. The monoisotopic (exact) mass is 448 g/mol. The number of hydrazone groups is 1. The highest BCUT2D eigenvalue weighted by molar-refractivity contribution is 5.88. The van der Waals surface area contributed by atoms with E-state index < -0.39 is 18.5 Å². The highest BCUT2D eigenvalue weighted by Gasteiger charge is 2.14. The second-order valence-corrected chi connectivity index (χ2v) is 6.81. The summed E-state index contributed by atoms with van der Waals surface area (Å²) in [5.41, 5.74) is 4.63. The number of hydrogen-bond donors (Lipinski definition) is 2. The predicted molar refractivity (Wildman–Crippen MR) is 117 cm³/mol. The third-order valence-corrected chi connectivity index (χ3v) is 4.37. The SMILES string of the molecule is COCc1cc(C)nc(OCC(=O)NN=Cc2ccc(-c3ccc(C(=O)O)cc3)o2)c1C#N. The van der Waals surface area contributed by atoms with Crippen molar-refractivity contribution in [3.8, 4) is 23.3 Å². The van der Waals surface area contributed by atoms with Gasteiger partial charge in [-0.05, 0) is 37.3 Å². The zero-order chi connectivity index (χ0) is 23.8. The van der Waals surface area contributed by atoms with Crippen LogP contribution in [-0.2, 0) is 16.1 Å². The smallest absolute Gasteiger partial charge is 0.335 e. The minimum absolute atomic E-state index is 0.0493. The number of pyridine rings is 1. The lowest BCUT2D eigenvalue weighted by atomic mass is 10.1. The molecule has 2 aromatic heterocycles. The number of aromatic nitrogens is 1. The summed E-state index contributed by atoms with van der Waals surface area (Å²) in [4.78, 5) is 27.2. The second kappa shape index (κ2) is 10.7. The Morgan fingerprint density at radius 3 is 2.70 bits per heavy atom. The van der Waals surface area contributed by atoms with Crippen LogP contribution in [0, 0.1) is 18.3 Å². The number of hydrogen-bond acceptors (Lipinski definition) is 8. The first-order valence-electron chi connectivity index (χ1n) is 9.69. The molecule has 0 saturated carbocycles. The van der Waals surface area contributed by atoms with E-state index in [9.17, 15) is 14.9 Å². The summed E-state index contributed by atoms with van der Waals surface area (Å²) in [7, 11) is 1.51. The number of ether oxygens (including phenoxy) is 2. The van der Waals surface area contributed by atoms with Gasteiger partial charge in [-0.2, -0.15) is 10.4 Å². The molecule has 2 N–H and O–H groups in total. The minimum atomic E-state index is -1.01. The van der Waals surface area contributed by atoms with E-state index in [4.69, 9.17) is 19.0 Å². The molecule has 168 valence electrons. The summed E-state index contributed by atoms with van der Waals surface area (Å²) in [6.07, 6.45) is 1.31. The van der Waals surface area contributed by atoms with Crippen LogP contribution >= 0.6 is 0 Å². The molecule has 0 atom stereocenters. The number of furan rings is 1. The van der Waals surface area contributed by atoms with Gasteiger partial charge in [0.15, 0.2) is 6.61 Å². The molecule has 0 aliphatic carbocycles. The molecule has 0 fully saturated rings. The van der Waals surface area contributed by atoms with E-state index in [-0.39, 0.29) is 23.6 Å². The van der Waals surface area contributed by atoms with Crippen LogP contribution in [0.5, 0.6) is 5.88 Å². The highest BCUT2D eigenvalue weighted by Crippen LogP contribution is 2.22. The van der Waals surface area contributed by atoms with Crippen molar-refractivity contribution in [3.63, 3.8) is 0 Å². The third kappa shape index (κ3) is 6.03. The maximum Gasteiger partial charge on any atom is 0.335 e. The summed E-state index contributed by atoms with van der Waals surface area (Å²) in [5.74, 6) is -0.614. The van der Waals surface area contributed by atoms with Gasteiger partial charge in [0.05, 0.1) is 18.4 Å². The lowest BCUT2D eigenvalue weighted by Crippen LogP contribution is -2.25. The number of benzene rings is 1. The molecule has 0 saturated heterocycles. The number of nitrogens with one attached hydrogen (secondary N) is 1. The van der Waals surface area contributed by atoms with Crippen molar-refractivity contribution in [3.05, 3.63) is 70.6 Å². The Labute approximate surface area is 189 Å². The predicted octanol–water partition coefficient (Wildman–Crippen LogP) is 2.90. The molecule has 0 aliphatic heterocycles. The number of amides is 1. The van der Waals surface area contributed by atoms with Gasteiger partial charge in [0.2, 0.25) is 5.88 Å². The first kappa shape index (κ1) is 23.2. The van der Waals surface area contributed by atoms with Gasteiger partial charge in [-0.15, -0.1) is 0 Å². The molecule has 0 unspecified atom stereocenters. The number of nitrogens with zero attached hydrogens (tertiary/aromatic N) is 3. The number of aryl methyl sites for hydroxylation is 1. The van der Waals surface area contributed by atoms with E-state index in [1.54, 1.807) is 37.3 Å². The van der Waals surface area contributed by atoms with Crippen LogP contribution in [0.2, 0.25) is 0 Å². The fourth-order valence-electron chi connectivity index (χ4n) is 2.89. The van der Waals surface area contributed by atoms with Gasteiger partial charge in [0.1, 0.15) is 23.2 Å². The van der Waals surface area contributed by atoms with Gasteiger partial charge in [-0.25, -0.2) is 15.2 Å². The van der Waals surface area contributed by atoms with Gasteiger partial charge in [-0.1, -0.05) is 12.1 Å². The first-order valence-corrected chi connectivity index (χ1v) is 9.69. The van der Waals surface area contributed by atoms with Crippen LogP contribution in [-0.4, -0.2) is 41.9 Å². The summed E-state index contributed by atoms with van der Waals surface area (Å²) in [6, 6.07) is 13.3. The Bertz CT molecular complexity index is 1220. The van der Waals surface area contributed by atoms with Crippen molar-refractivity contribution >= 4 is 18.1 Å². The first-order chi connectivity index (χ1) is 15.9. The molecule has 33 heavy (non-hydrogen) atoms. The average Bonchev–Trinajstić information content (AvgIpc) is 3.26. The van der Waals surface area contributed by atoms with Crippen molar-refractivity contribution in [2.24, 2.45) is 5.10 Å². The molecule has 1 amide bonds. The summed E-state index contributed by atoms with van der Waals surface area (Å²) >= 11 is 0. The number of carboxylic acid groups (broad SMARTS) is 1. The van der Waals surface area contributed by atoms with Crippen LogP contribution in [0.1, 0.15) is 32.9 Å². The molecule has 1 aromatic carbocycles. The summed E-state index contributed by atoms with van der Waals surface area (Å²) < 4.78 is 16.1. The number of methoxy groups -OCH3 is 1. The van der Waals surface area contributed by atoms with Crippen LogP contribution in [0.3, 0.4) is 0 Å². The number of carboxylic acids is 1. The Balaban J connectivity index is 1.57.